The first-order valence-corrected chi connectivity index (χ1v) is 7.91. The molecule has 1 aliphatic heterocycles. The Morgan fingerprint density at radius 1 is 1.33 bits per heavy atom. The van der Waals surface area contributed by atoms with Crippen LogP contribution in [-0.4, -0.2) is 25.0 Å². The fraction of sp³-hybridized carbons (Fsp3) is 0.588. The van der Waals surface area contributed by atoms with Crippen molar-refractivity contribution < 1.29 is 4.79 Å². The lowest BCUT2D eigenvalue weighted by atomic mass is 9.99. The van der Waals surface area contributed by atoms with Crippen molar-refractivity contribution in [2.24, 2.45) is 5.73 Å². The Morgan fingerprint density at radius 2 is 2.00 bits per heavy atom. The Morgan fingerprint density at radius 3 is 2.57 bits per heavy atom. The van der Waals surface area contributed by atoms with Gasteiger partial charge in [0, 0.05) is 25.0 Å². The van der Waals surface area contributed by atoms with E-state index in [0.717, 1.165) is 18.5 Å². The van der Waals surface area contributed by atoms with Crippen molar-refractivity contribution in [1.29, 1.82) is 0 Å². The standard InChI is InChI=1S/C17H27N3O/c1-12(2)13-5-7-14(8-6-13)16(18)11-20-17(21)10-15-4-3-9-19-15/h5-8,12,15-16,19H,3-4,9-11,18H2,1-2H3,(H,20,21). The highest BCUT2D eigenvalue weighted by molar-refractivity contribution is 5.76. The van der Waals surface area contributed by atoms with Crippen molar-refractivity contribution >= 4 is 5.91 Å². The predicted molar refractivity (Wildman–Crippen MR) is 86.1 cm³/mol. The van der Waals surface area contributed by atoms with Crippen LogP contribution in [0.3, 0.4) is 0 Å². The first-order valence-electron chi connectivity index (χ1n) is 7.91. The number of benzene rings is 1. The minimum absolute atomic E-state index is 0.0867. The fourth-order valence-corrected chi connectivity index (χ4v) is 2.70. The van der Waals surface area contributed by atoms with E-state index in [1.54, 1.807) is 0 Å². The van der Waals surface area contributed by atoms with Crippen LogP contribution in [0.15, 0.2) is 24.3 Å². The molecule has 1 aliphatic rings. The lowest BCUT2D eigenvalue weighted by Gasteiger charge is -2.16. The number of nitrogens with one attached hydrogen (secondary N) is 2. The zero-order valence-corrected chi connectivity index (χ0v) is 13.1. The van der Waals surface area contributed by atoms with Crippen LogP contribution < -0.4 is 16.4 Å². The van der Waals surface area contributed by atoms with E-state index in [-0.39, 0.29) is 11.9 Å². The zero-order chi connectivity index (χ0) is 15.2. The van der Waals surface area contributed by atoms with Crippen molar-refractivity contribution in [1.82, 2.24) is 10.6 Å². The van der Waals surface area contributed by atoms with E-state index in [1.807, 2.05) is 0 Å². The molecule has 116 valence electrons. The second-order valence-corrected chi connectivity index (χ2v) is 6.23. The number of hydrogen-bond acceptors (Lipinski definition) is 3. The molecular formula is C17H27N3O. The zero-order valence-electron chi connectivity index (χ0n) is 13.1. The summed E-state index contributed by atoms with van der Waals surface area (Å²) in [5, 5.41) is 6.27. The molecule has 1 saturated heterocycles. The van der Waals surface area contributed by atoms with Crippen molar-refractivity contribution in [3.63, 3.8) is 0 Å². The van der Waals surface area contributed by atoms with Gasteiger partial charge in [-0.05, 0) is 36.4 Å². The number of nitrogens with two attached hydrogens (primary N) is 1. The molecule has 0 aromatic heterocycles. The Labute approximate surface area is 127 Å². The number of amides is 1. The molecule has 2 rings (SSSR count). The largest absolute Gasteiger partial charge is 0.354 e. The second kappa shape index (κ2) is 7.57. The summed E-state index contributed by atoms with van der Waals surface area (Å²) in [6.45, 7) is 5.87. The second-order valence-electron chi connectivity index (χ2n) is 6.23. The third-order valence-corrected chi connectivity index (χ3v) is 4.14. The number of carbonyl (C=O) groups is 1. The van der Waals surface area contributed by atoms with Crippen LogP contribution in [0.1, 0.15) is 56.2 Å². The van der Waals surface area contributed by atoms with Gasteiger partial charge >= 0.3 is 0 Å². The van der Waals surface area contributed by atoms with Gasteiger partial charge < -0.3 is 16.4 Å². The van der Waals surface area contributed by atoms with E-state index >= 15 is 0 Å². The van der Waals surface area contributed by atoms with Gasteiger partial charge in [0.1, 0.15) is 0 Å². The van der Waals surface area contributed by atoms with E-state index < -0.39 is 0 Å². The molecule has 1 amide bonds. The minimum atomic E-state index is -0.147. The van der Waals surface area contributed by atoms with Crippen molar-refractivity contribution in [2.45, 2.75) is 51.1 Å². The molecule has 0 bridgehead atoms. The first-order chi connectivity index (χ1) is 10.1. The SMILES string of the molecule is CC(C)c1ccc(C(N)CNC(=O)CC2CCCN2)cc1. The molecular weight excluding hydrogens is 262 g/mol. The third kappa shape index (κ3) is 4.83. The van der Waals surface area contributed by atoms with Gasteiger partial charge in [-0.1, -0.05) is 38.1 Å². The topological polar surface area (TPSA) is 67.1 Å². The maximum atomic E-state index is 11.9. The van der Waals surface area contributed by atoms with Gasteiger partial charge in [0.15, 0.2) is 0 Å². The summed E-state index contributed by atoms with van der Waals surface area (Å²) in [5.41, 5.74) is 8.52. The normalized spacial score (nSPS) is 19.7. The summed E-state index contributed by atoms with van der Waals surface area (Å²) in [6.07, 6.45) is 2.81. The number of hydrogen-bond donors (Lipinski definition) is 3. The van der Waals surface area contributed by atoms with Crippen LogP contribution in [0.5, 0.6) is 0 Å². The summed E-state index contributed by atoms with van der Waals surface area (Å²) in [7, 11) is 0. The molecule has 1 fully saturated rings. The monoisotopic (exact) mass is 289 g/mol. The van der Waals surface area contributed by atoms with Gasteiger partial charge in [0.2, 0.25) is 5.91 Å². The minimum Gasteiger partial charge on any atom is -0.354 e. The van der Waals surface area contributed by atoms with Gasteiger partial charge in [-0.3, -0.25) is 4.79 Å². The van der Waals surface area contributed by atoms with Crippen LogP contribution in [0.25, 0.3) is 0 Å². The molecule has 1 aromatic carbocycles. The first kappa shape index (κ1) is 16.0. The van der Waals surface area contributed by atoms with Crippen molar-refractivity contribution in [3.05, 3.63) is 35.4 Å². The molecule has 1 heterocycles. The highest BCUT2D eigenvalue weighted by Gasteiger charge is 2.18. The molecule has 4 heteroatoms. The Balaban J connectivity index is 1.77. The maximum absolute atomic E-state index is 11.9. The average molecular weight is 289 g/mol. The lowest BCUT2D eigenvalue weighted by Crippen LogP contribution is -2.35. The molecule has 21 heavy (non-hydrogen) atoms. The van der Waals surface area contributed by atoms with Crippen LogP contribution >= 0.6 is 0 Å². The number of carbonyl (C=O) groups excluding carboxylic acids is 1. The molecule has 0 aliphatic carbocycles. The Hall–Kier alpha value is -1.39. The van der Waals surface area contributed by atoms with E-state index in [0.29, 0.717) is 24.9 Å². The molecule has 4 nitrogen and oxygen atoms in total. The van der Waals surface area contributed by atoms with Crippen molar-refractivity contribution in [2.75, 3.05) is 13.1 Å². The van der Waals surface area contributed by atoms with Crippen molar-refractivity contribution in [3.8, 4) is 0 Å². The van der Waals surface area contributed by atoms with E-state index in [4.69, 9.17) is 5.73 Å². The summed E-state index contributed by atoms with van der Waals surface area (Å²) in [5.74, 6) is 0.609. The quantitative estimate of drug-likeness (QED) is 0.751. The van der Waals surface area contributed by atoms with Gasteiger partial charge in [-0.2, -0.15) is 0 Å². The molecule has 2 unspecified atom stereocenters. The van der Waals surface area contributed by atoms with Crippen LogP contribution in [0.2, 0.25) is 0 Å². The van der Waals surface area contributed by atoms with E-state index in [2.05, 4.69) is 48.7 Å². The molecule has 0 saturated carbocycles. The average Bonchev–Trinajstić information content (AvgIpc) is 2.97. The number of rotatable bonds is 6. The molecule has 1 aromatic rings. The van der Waals surface area contributed by atoms with E-state index in [1.165, 1.54) is 12.0 Å². The summed E-state index contributed by atoms with van der Waals surface area (Å²) < 4.78 is 0. The molecule has 0 radical (unpaired) electrons. The van der Waals surface area contributed by atoms with Gasteiger partial charge in [0.25, 0.3) is 0 Å². The molecule has 4 N–H and O–H groups in total. The molecule has 0 spiro atoms. The van der Waals surface area contributed by atoms with Gasteiger partial charge in [-0.15, -0.1) is 0 Å². The predicted octanol–water partition coefficient (Wildman–Crippen LogP) is 2.07. The molecule has 2 atom stereocenters. The van der Waals surface area contributed by atoms with Crippen LogP contribution in [0, 0.1) is 0 Å². The third-order valence-electron chi connectivity index (χ3n) is 4.14. The lowest BCUT2D eigenvalue weighted by molar-refractivity contribution is -0.121. The van der Waals surface area contributed by atoms with E-state index in [9.17, 15) is 4.79 Å². The van der Waals surface area contributed by atoms with Gasteiger partial charge in [-0.25, -0.2) is 0 Å². The van der Waals surface area contributed by atoms with Gasteiger partial charge in [0.05, 0.1) is 0 Å². The smallest absolute Gasteiger partial charge is 0.221 e. The highest BCUT2D eigenvalue weighted by Crippen LogP contribution is 2.17. The maximum Gasteiger partial charge on any atom is 0.221 e. The van der Waals surface area contributed by atoms with Crippen LogP contribution in [0.4, 0.5) is 0 Å². The summed E-state index contributed by atoms with van der Waals surface area (Å²) in [6, 6.07) is 8.54. The summed E-state index contributed by atoms with van der Waals surface area (Å²) >= 11 is 0. The Bertz CT molecular complexity index is 450. The highest BCUT2D eigenvalue weighted by atomic mass is 16.1. The Kier molecular flexibility index (Phi) is 5.76. The van der Waals surface area contributed by atoms with Crippen LogP contribution in [-0.2, 0) is 4.79 Å². The summed E-state index contributed by atoms with van der Waals surface area (Å²) in [4.78, 5) is 11.9. The fourth-order valence-electron chi connectivity index (χ4n) is 2.70.